The molecule has 0 saturated carbocycles. The van der Waals surface area contributed by atoms with E-state index in [0.717, 1.165) is 17.0 Å². The number of hydrazone groups is 1. The van der Waals surface area contributed by atoms with Gasteiger partial charge >= 0.3 is 6.03 Å². The largest absolute Gasteiger partial charge is 0.480 e. The highest BCUT2D eigenvalue weighted by atomic mass is 32.2. The third-order valence-electron chi connectivity index (χ3n) is 3.05. The number of nitrogens with zero attached hydrogens (tertiary/aromatic N) is 2. The van der Waals surface area contributed by atoms with Crippen molar-refractivity contribution in [2.45, 2.75) is 11.8 Å². The van der Waals surface area contributed by atoms with E-state index in [1.54, 1.807) is 13.0 Å². The van der Waals surface area contributed by atoms with E-state index in [2.05, 4.69) is 16.0 Å². The van der Waals surface area contributed by atoms with Gasteiger partial charge in [-0.3, -0.25) is 10.2 Å². The van der Waals surface area contributed by atoms with E-state index in [0.29, 0.717) is 5.70 Å². The zero-order valence-electron chi connectivity index (χ0n) is 14.1. The predicted octanol–water partition coefficient (Wildman–Crippen LogP) is 0.777. The third-order valence-corrected chi connectivity index (χ3v) is 5.03. The van der Waals surface area contributed by atoms with Crippen molar-refractivity contribution < 1.29 is 22.7 Å². The summed E-state index contributed by atoms with van der Waals surface area (Å²) in [5.41, 5.74) is 5.46. The molecule has 0 aromatic heterocycles. The summed E-state index contributed by atoms with van der Waals surface area (Å²) in [7, 11) is -2.87. The smallest absolute Gasteiger partial charge is 0.350 e. The van der Waals surface area contributed by atoms with Gasteiger partial charge in [0.2, 0.25) is 11.0 Å². The number of amides is 2. The number of hydrogen-bond acceptors (Lipinski definition) is 9. The van der Waals surface area contributed by atoms with Gasteiger partial charge in [-0.1, -0.05) is 29.0 Å². The molecule has 0 saturated heterocycles. The Morgan fingerprint density at radius 3 is 2.65 bits per heavy atom. The minimum absolute atomic E-state index is 0.0186. The summed E-state index contributed by atoms with van der Waals surface area (Å²) in [6.07, 6.45) is 3.12. The number of nitrogens with one attached hydrogen (secondary N) is 3. The first-order chi connectivity index (χ1) is 12.3. The van der Waals surface area contributed by atoms with Crippen molar-refractivity contribution >= 4 is 38.8 Å². The lowest BCUT2D eigenvalue weighted by Gasteiger charge is -2.25. The van der Waals surface area contributed by atoms with Gasteiger partial charge in [0, 0.05) is 17.3 Å². The summed E-state index contributed by atoms with van der Waals surface area (Å²) in [5, 5.41) is 4.34. The number of urea groups is 1. The number of benzene rings is 1. The average molecular weight is 399 g/mol. The van der Waals surface area contributed by atoms with E-state index in [-0.39, 0.29) is 16.4 Å². The fourth-order valence-electron chi connectivity index (χ4n) is 1.97. The fourth-order valence-corrected chi connectivity index (χ4v) is 3.54. The average Bonchev–Trinajstić information content (AvgIpc) is 2.59. The number of methoxy groups -OCH3 is 1. The molecule has 0 fully saturated rings. The molecule has 12 heteroatoms. The molecule has 1 aromatic rings. The second-order valence-electron chi connectivity index (χ2n) is 4.93. The highest BCUT2D eigenvalue weighted by molar-refractivity contribution is 8.13. The summed E-state index contributed by atoms with van der Waals surface area (Å²) in [6, 6.07) is 4.54. The van der Waals surface area contributed by atoms with E-state index in [4.69, 9.17) is 4.74 Å². The van der Waals surface area contributed by atoms with Gasteiger partial charge in [0.05, 0.1) is 12.0 Å². The van der Waals surface area contributed by atoms with Crippen LogP contribution in [0.25, 0.3) is 0 Å². The Morgan fingerprint density at radius 2 is 2.00 bits per heavy atom. The van der Waals surface area contributed by atoms with E-state index in [9.17, 15) is 18.0 Å². The van der Waals surface area contributed by atoms with Crippen LogP contribution in [0.2, 0.25) is 0 Å². The number of carbonyl (C=O) groups excluding carboxylic acids is 2. The standard InChI is InChI=1S/C14H17N5O5S2/c1-9-8-12(24-2)16-19(15-9)17-14(21)18-26(22,23)11-7-5-4-6-10(11)13(20)25-3/h4-8,15H,1-3H3,(H2,17,18,21). The number of carbonyl (C=O) groups is 2. The second-order valence-corrected chi connectivity index (χ2v) is 7.36. The van der Waals surface area contributed by atoms with Crippen molar-refractivity contribution in [2.24, 2.45) is 5.10 Å². The van der Waals surface area contributed by atoms with Crippen LogP contribution < -0.4 is 15.6 Å². The number of allylic oxidation sites excluding steroid dienone is 1. The summed E-state index contributed by atoms with van der Waals surface area (Å²) in [4.78, 5) is 23.7. The van der Waals surface area contributed by atoms with Crippen LogP contribution in [-0.2, 0) is 14.8 Å². The van der Waals surface area contributed by atoms with Crippen molar-refractivity contribution in [3.63, 3.8) is 0 Å². The Hall–Kier alpha value is -2.73. The summed E-state index contributed by atoms with van der Waals surface area (Å²) >= 11 is 0.871. The van der Waals surface area contributed by atoms with Gasteiger partial charge in [0.15, 0.2) is 0 Å². The number of thioether (sulfide) groups is 1. The van der Waals surface area contributed by atoms with Crippen molar-refractivity contribution in [3.8, 4) is 0 Å². The first-order valence-electron chi connectivity index (χ1n) is 7.15. The minimum Gasteiger partial charge on any atom is -0.480 e. The maximum Gasteiger partial charge on any atom is 0.350 e. The lowest BCUT2D eigenvalue weighted by Crippen LogP contribution is -2.53. The first-order valence-corrected chi connectivity index (χ1v) is 9.86. The Bertz CT molecular complexity index is 881. The molecule has 0 unspecified atom stereocenters. The molecule has 2 rings (SSSR count). The van der Waals surface area contributed by atoms with Crippen molar-refractivity contribution in [1.82, 2.24) is 20.8 Å². The number of sulfonamides is 1. The molecule has 0 spiro atoms. The molecule has 2 amide bonds. The summed E-state index contributed by atoms with van der Waals surface area (Å²) < 4.78 is 31.7. The monoisotopic (exact) mass is 399 g/mol. The number of hydrazine groups is 2. The van der Waals surface area contributed by atoms with E-state index >= 15 is 0 Å². The highest BCUT2D eigenvalue weighted by Gasteiger charge is 2.25. The van der Waals surface area contributed by atoms with Crippen LogP contribution in [0.5, 0.6) is 0 Å². The molecule has 1 heterocycles. The maximum absolute atomic E-state index is 12.5. The normalized spacial score (nSPS) is 13.9. The Balaban J connectivity index is 2.15. The minimum atomic E-state index is -4.27. The van der Waals surface area contributed by atoms with Crippen LogP contribution in [-0.4, -0.2) is 44.1 Å². The zero-order valence-corrected chi connectivity index (χ0v) is 15.8. The summed E-state index contributed by atoms with van der Waals surface area (Å²) in [5.74, 6) is 0.209. The Labute approximate surface area is 154 Å². The van der Waals surface area contributed by atoms with Gasteiger partial charge in [0.25, 0.3) is 10.0 Å². The fraction of sp³-hybridized carbons (Fsp3) is 0.214. The molecule has 0 atom stereocenters. The van der Waals surface area contributed by atoms with Gasteiger partial charge < -0.3 is 4.74 Å². The van der Waals surface area contributed by atoms with Crippen LogP contribution >= 0.6 is 11.8 Å². The van der Waals surface area contributed by atoms with Crippen molar-refractivity contribution in [3.05, 3.63) is 41.6 Å². The van der Waals surface area contributed by atoms with Crippen LogP contribution in [0, 0.1) is 0 Å². The SMILES string of the molecule is COC1=NN(NC(=O)NS(=O)(=O)c2ccccc2C(=O)SC)NC(C)=C1. The number of ether oxygens (including phenoxy) is 1. The third kappa shape index (κ3) is 4.67. The van der Waals surface area contributed by atoms with E-state index in [1.807, 2.05) is 4.72 Å². The predicted molar refractivity (Wildman–Crippen MR) is 96.3 cm³/mol. The van der Waals surface area contributed by atoms with Crippen molar-refractivity contribution in [1.29, 1.82) is 0 Å². The highest BCUT2D eigenvalue weighted by Crippen LogP contribution is 2.19. The molecule has 26 heavy (non-hydrogen) atoms. The zero-order chi connectivity index (χ0) is 19.3. The quantitative estimate of drug-likeness (QED) is 0.677. The topological polar surface area (TPSA) is 129 Å². The van der Waals surface area contributed by atoms with Gasteiger partial charge in [0.1, 0.15) is 0 Å². The van der Waals surface area contributed by atoms with Gasteiger partial charge in [-0.2, -0.15) is 0 Å². The molecule has 10 nitrogen and oxygen atoms in total. The summed E-state index contributed by atoms with van der Waals surface area (Å²) in [6.45, 7) is 1.70. The molecule has 0 radical (unpaired) electrons. The lowest BCUT2D eigenvalue weighted by molar-refractivity contribution is 0.108. The molecule has 1 aromatic carbocycles. The molecule has 0 aliphatic carbocycles. The Kier molecular flexibility index (Phi) is 6.10. The molecule has 140 valence electrons. The Morgan fingerprint density at radius 1 is 1.31 bits per heavy atom. The molecule has 0 bridgehead atoms. The molecular formula is C14H17N5O5S2. The van der Waals surface area contributed by atoms with Crippen LogP contribution in [0.1, 0.15) is 17.3 Å². The maximum atomic E-state index is 12.5. The lowest BCUT2D eigenvalue weighted by atomic mass is 10.2. The van der Waals surface area contributed by atoms with Crippen molar-refractivity contribution in [2.75, 3.05) is 13.4 Å². The second kappa shape index (κ2) is 8.10. The molecular weight excluding hydrogens is 382 g/mol. The molecule has 1 aliphatic heterocycles. The van der Waals surface area contributed by atoms with Gasteiger partial charge in [-0.25, -0.2) is 23.4 Å². The van der Waals surface area contributed by atoms with Gasteiger partial charge in [-0.05, 0) is 25.3 Å². The molecule has 3 N–H and O–H groups in total. The van der Waals surface area contributed by atoms with Crippen LogP contribution in [0.15, 0.2) is 46.0 Å². The number of rotatable bonds is 4. The first kappa shape index (κ1) is 19.6. The molecule has 1 aliphatic rings. The van der Waals surface area contributed by atoms with E-state index in [1.165, 1.54) is 37.6 Å². The van der Waals surface area contributed by atoms with Gasteiger partial charge in [-0.15, -0.1) is 5.23 Å². The van der Waals surface area contributed by atoms with E-state index < -0.39 is 21.2 Å². The van der Waals surface area contributed by atoms with Crippen LogP contribution in [0.4, 0.5) is 4.79 Å². The van der Waals surface area contributed by atoms with Crippen LogP contribution in [0.3, 0.4) is 0 Å². The number of hydrogen-bond donors (Lipinski definition) is 3.